The lowest BCUT2D eigenvalue weighted by Crippen LogP contribution is -2.37. The number of ketones is 1. The Morgan fingerprint density at radius 1 is 1.44 bits per heavy atom. The van der Waals surface area contributed by atoms with E-state index >= 15 is 0 Å². The summed E-state index contributed by atoms with van der Waals surface area (Å²) in [6, 6.07) is 0. The minimum absolute atomic E-state index is 0.220. The first-order chi connectivity index (χ1) is 7.43. The van der Waals surface area contributed by atoms with Crippen LogP contribution in [0.2, 0.25) is 0 Å². The van der Waals surface area contributed by atoms with Crippen LogP contribution < -0.4 is 0 Å². The summed E-state index contributed by atoms with van der Waals surface area (Å²) in [6.45, 7) is 9.12. The predicted octanol–water partition coefficient (Wildman–Crippen LogP) is 3.76. The van der Waals surface area contributed by atoms with Gasteiger partial charge in [-0.3, -0.25) is 4.79 Å². The van der Waals surface area contributed by atoms with E-state index in [4.69, 9.17) is 0 Å². The fourth-order valence-corrected chi connectivity index (χ4v) is 3.01. The summed E-state index contributed by atoms with van der Waals surface area (Å²) in [4.78, 5) is 11.6. The minimum atomic E-state index is 0.220. The molecule has 1 nitrogen and oxygen atoms in total. The van der Waals surface area contributed by atoms with Crippen molar-refractivity contribution in [1.82, 2.24) is 0 Å². The maximum Gasteiger partial charge on any atom is 0.156 e. The highest BCUT2D eigenvalue weighted by atomic mass is 16.1. The SMILES string of the molecule is CC(C)C1C=CC2=CC(=O)CC(C)C2(C)C1. The Morgan fingerprint density at radius 2 is 2.12 bits per heavy atom. The minimum Gasteiger partial charge on any atom is -0.295 e. The van der Waals surface area contributed by atoms with E-state index in [-0.39, 0.29) is 5.41 Å². The van der Waals surface area contributed by atoms with Gasteiger partial charge in [-0.25, -0.2) is 0 Å². The first kappa shape index (κ1) is 11.6. The van der Waals surface area contributed by atoms with Gasteiger partial charge in [-0.2, -0.15) is 0 Å². The summed E-state index contributed by atoms with van der Waals surface area (Å²) in [6.07, 6.45) is 8.28. The maximum absolute atomic E-state index is 11.6. The summed E-state index contributed by atoms with van der Waals surface area (Å²) in [5.41, 5.74) is 1.48. The van der Waals surface area contributed by atoms with E-state index in [1.54, 1.807) is 0 Å². The third-order valence-corrected chi connectivity index (χ3v) is 4.61. The first-order valence-electron chi connectivity index (χ1n) is 6.36. The molecule has 0 aromatic carbocycles. The largest absolute Gasteiger partial charge is 0.295 e. The van der Waals surface area contributed by atoms with Crippen LogP contribution in [0.15, 0.2) is 23.8 Å². The molecule has 0 aromatic heterocycles. The van der Waals surface area contributed by atoms with Gasteiger partial charge in [0.2, 0.25) is 0 Å². The molecular formula is C15H22O. The number of hydrogen-bond donors (Lipinski definition) is 0. The maximum atomic E-state index is 11.6. The lowest BCUT2D eigenvalue weighted by molar-refractivity contribution is -0.117. The Labute approximate surface area is 98.6 Å². The topological polar surface area (TPSA) is 17.1 Å². The Hall–Kier alpha value is -0.850. The molecule has 0 aromatic rings. The number of hydrogen-bond acceptors (Lipinski definition) is 1. The zero-order chi connectivity index (χ0) is 11.9. The highest BCUT2D eigenvalue weighted by molar-refractivity contribution is 5.92. The Kier molecular flexibility index (Phi) is 2.81. The smallest absolute Gasteiger partial charge is 0.156 e. The number of carbonyl (C=O) groups is 1. The van der Waals surface area contributed by atoms with E-state index < -0.39 is 0 Å². The average Bonchev–Trinajstić information content (AvgIpc) is 2.19. The summed E-state index contributed by atoms with van der Waals surface area (Å²) < 4.78 is 0. The quantitative estimate of drug-likeness (QED) is 0.655. The van der Waals surface area contributed by atoms with Gasteiger partial charge in [0.05, 0.1) is 0 Å². The molecule has 2 rings (SSSR count). The van der Waals surface area contributed by atoms with Crippen LogP contribution in [0.25, 0.3) is 0 Å². The fraction of sp³-hybridized carbons (Fsp3) is 0.667. The molecule has 0 N–H and O–H groups in total. The first-order valence-corrected chi connectivity index (χ1v) is 6.36. The van der Waals surface area contributed by atoms with Crippen molar-refractivity contribution in [2.45, 2.75) is 40.5 Å². The van der Waals surface area contributed by atoms with Crippen LogP contribution in [0, 0.1) is 23.2 Å². The summed E-state index contributed by atoms with van der Waals surface area (Å²) in [7, 11) is 0. The molecule has 1 heteroatoms. The van der Waals surface area contributed by atoms with Crippen molar-refractivity contribution in [3.63, 3.8) is 0 Å². The van der Waals surface area contributed by atoms with Crippen molar-refractivity contribution in [3.05, 3.63) is 23.8 Å². The van der Waals surface area contributed by atoms with Crippen molar-refractivity contribution in [3.8, 4) is 0 Å². The molecule has 0 heterocycles. The zero-order valence-electron chi connectivity index (χ0n) is 10.8. The van der Waals surface area contributed by atoms with Crippen LogP contribution in [-0.2, 0) is 4.79 Å². The van der Waals surface area contributed by atoms with Crippen molar-refractivity contribution >= 4 is 5.78 Å². The number of rotatable bonds is 1. The van der Waals surface area contributed by atoms with E-state index in [2.05, 4.69) is 39.8 Å². The molecule has 88 valence electrons. The Bertz CT molecular complexity index is 362. The molecule has 0 spiro atoms. The Balaban J connectivity index is 2.37. The van der Waals surface area contributed by atoms with E-state index in [0.717, 1.165) is 6.42 Å². The van der Waals surface area contributed by atoms with Crippen LogP contribution in [-0.4, -0.2) is 5.78 Å². The molecule has 3 unspecified atom stereocenters. The predicted molar refractivity (Wildman–Crippen MR) is 67.1 cm³/mol. The zero-order valence-corrected chi connectivity index (χ0v) is 10.8. The standard InChI is InChI=1S/C15H22O/c1-10(2)12-5-6-13-8-14(16)7-11(3)15(13,4)9-12/h5-6,8,10-12H,7,9H2,1-4H3. The monoisotopic (exact) mass is 218 g/mol. The highest BCUT2D eigenvalue weighted by Crippen LogP contribution is 2.50. The third kappa shape index (κ3) is 1.77. The van der Waals surface area contributed by atoms with Gasteiger partial charge in [-0.05, 0) is 41.2 Å². The molecule has 0 radical (unpaired) electrons. The van der Waals surface area contributed by atoms with Crippen molar-refractivity contribution in [2.24, 2.45) is 23.2 Å². The number of carbonyl (C=O) groups excluding carboxylic acids is 1. The van der Waals surface area contributed by atoms with Gasteiger partial charge in [-0.1, -0.05) is 39.8 Å². The molecule has 2 aliphatic rings. The van der Waals surface area contributed by atoms with Gasteiger partial charge in [0.25, 0.3) is 0 Å². The highest BCUT2D eigenvalue weighted by Gasteiger charge is 2.41. The van der Waals surface area contributed by atoms with Crippen LogP contribution in [0.3, 0.4) is 0 Å². The second-order valence-corrected chi connectivity index (χ2v) is 6.06. The van der Waals surface area contributed by atoms with Crippen molar-refractivity contribution in [1.29, 1.82) is 0 Å². The van der Waals surface area contributed by atoms with E-state index in [9.17, 15) is 4.79 Å². The molecule has 0 bridgehead atoms. The molecule has 0 fully saturated rings. The lowest BCUT2D eigenvalue weighted by Gasteiger charge is -2.44. The van der Waals surface area contributed by atoms with E-state index in [0.29, 0.717) is 23.5 Å². The lowest BCUT2D eigenvalue weighted by atomic mass is 9.59. The number of fused-ring (bicyclic) bond motifs is 1. The molecule has 0 amide bonds. The molecular weight excluding hydrogens is 196 g/mol. The molecule has 0 saturated heterocycles. The Morgan fingerprint density at radius 3 is 2.75 bits per heavy atom. The van der Waals surface area contributed by atoms with Crippen LogP contribution in [0.4, 0.5) is 0 Å². The van der Waals surface area contributed by atoms with Gasteiger partial charge in [0, 0.05) is 6.42 Å². The second-order valence-electron chi connectivity index (χ2n) is 6.06. The normalized spacial score (nSPS) is 38.6. The molecule has 3 atom stereocenters. The summed E-state index contributed by atoms with van der Waals surface area (Å²) in [5, 5.41) is 0. The van der Waals surface area contributed by atoms with Gasteiger partial charge in [0.15, 0.2) is 5.78 Å². The van der Waals surface area contributed by atoms with Crippen LogP contribution in [0.5, 0.6) is 0 Å². The van der Waals surface area contributed by atoms with Crippen molar-refractivity contribution < 1.29 is 4.79 Å². The fourth-order valence-electron chi connectivity index (χ4n) is 3.01. The third-order valence-electron chi connectivity index (χ3n) is 4.61. The van der Waals surface area contributed by atoms with E-state index in [1.807, 2.05) is 6.08 Å². The van der Waals surface area contributed by atoms with Gasteiger partial charge < -0.3 is 0 Å². The second kappa shape index (κ2) is 3.87. The van der Waals surface area contributed by atoms with Crippen LogP contribution in [0.1, 0.15) is 40.5 Å². The molecule has 2 aliphatic carbocycles. The number of allylic oxidation sites excluding steroid dienone is 4. The van der Waals surface area contributed by atoms with E-state index in [1.165, 1.54) is 12.0 Å². The van der Waals surface area contributed by atoms with Gasteiger partial charge in [-0.15, -0.1) is 0 Å². The van der Waals surface area contributed by atoms with Crippen LogP contribution >= 0.6 is 0 Å². The van der Waals surface area contributed by atoms with Gasteiger partial charge in [0.1, 0.15) is 0 Å². The summed E-state index contributed by atoms with van der Waals surface area (Å²) >= 11 is 0. The molecule has 16 heavy (non-hydrogen) atoms. The van der Waals surface area contributed by atoms with Gasteiger partial charge >= 0.3 is 0 Å². The molecule has 0 saturated carbocycles. The summed E-state index contributed by atoms with van der Waals surface area (Å²) in [5.74, 6) is 2.14. The molecule has 0 aliphatic heterocycles. The average molecular weight is 218 g/mol. The van der Waals surface area contributed by atoms with Crippen molar-refractivity contribution in [2.75, 3.05) is 0 Å².